The maximum absolute atomic E-state index is 13.6. The van der Waals surface area contributed by atoms with E-state index >= 15 is 0 Å². The maximum atomic E-state index is 13.6. The number of nitrogens with one attached hydrogen (secondary N) is 2. The zero-order valence-electron chi connectivity index (χ0n) is 16.2. The van der Waals surface area contributed by atoms with Crippen LogP contribution in [0.25, 0.3) is 0 Å². The van der Waals surface area contributed by atoms with Gasteiger partial charge < -0.3 is 15.4 Å². The molecule has 0 unspecified atom stereocenters. The van der Waals surface area contributed by atoms with Gasteiger partial charge in [-0.3, -0.25) is 4.79 Å². The van der Waals surface area contributed by atoms with Crippen LogP contribution in [-0.2, 0) is 0 Å². The summed E-state index contributed by atoms with van der Waals surface area (Å²) in [5, 5.41) is 6.74. The predicted octanol–water partition coefficient (Wildman–Crippen LogP) is 4.05. The molecule has 1 amide bonds. The van der Waals surface area contributed by atoms with E-state index in [4.69, 9.17) is 4.74 Å². The Bertz CT molecular complexity index is 802. The van der Waals surface area contributed by atoms with E-state index in [9.17, 15) is 9.18 Å². The monoisotopic (exact) mass is 371 g/mol. The van der Waals surface area contributed by atoms with E-state index in [-0.39, 0.29) is 28.9 Å². The number of carbonyl (C=O) groups excluding carboxylic acids is 1. The Morgan fingerprint density at radius 1 is 1.15 bits per heavy atom. The van der Waals surface area contributed by atoms with E-state index in [2.05, 4.69) is 43.3 Å². The lowest BCUT2D eigenvalue weighted by Crippen LogP contribution is -2.62. The summed E-state index contributed by atoms with van der Waals surface area (Å²) in [7, 11) is 0. The number of benzene rings is 1. The summed E-state index contributed by atoms with van der Waals surface area (Å²) in [5.74, 6) is -0.318. The van der Waals surface area contributed by atoms with Gasteiger partial charge >= 0.3 is 0 Å². The van der Waals surface area contributed by atoms with E-state index in [1.807, 2.05) is 0 Å². The first-order chi connectivity index (χ1) is 12.6. The first-order valence-corrected chi connectivity index (χ1v) is 9.12. The summed E-state index contributed by atoms with van der Waals surface area (Å²) < 4.78 is 19.0. The highest BCUT2D eigenvalue weighted by molar-refractivity contribution is 5.94. The molecule has 2 heterocycles. The molecule has 0 spiro atoms. The number of hydrogen-bond donors (Lipinski definition) is 2. The van der Waals surface area contributed by atoms with Crippen LogP contribution >= 0.6 is 0 Å². The van der Waals surface area contributed by atoms with Gasteiger partial charge in [0, 0.05) is 28.9 Å². The fourth-order valence-electron chi connectivity index (χ4n) is 3.93. The van der Waals surface area contributed by atoms with Crippen LogP contribution < -0.4 is 15.4 Å². The van der Waals surface area contributed by atoms with E-state index in [1.165, 1.54) is 18.3 Å². The predicted molar refractivity (Wildman–Crippen MR) is 102 cm³/mol. The number of amides is 1. The Morgan fingerprint density at radius 2 is 1.78 bits per heavy atom. The van der Waals surface area contributed by atoms with Gasteiger partial charge in [0.1, 0.15) is 5.75 Å². The SMILES string of the molecule is CC1(C)CC(NC(=O)c2ccc(Oc3ncccc3F)cc2)CC(C)(C)N1. The molecule has 2 aromatic rings. The van der Waals surface area contributed by atoms with Gasteiger partial charge in [-0.05, 0) is 76.9 Å². The number of aromatic nitrogens is 1. The summed E-state index contributed by atoms with van der Waals surface area (Å²) in [4.78, 5) is 16.5. The van der Waals surface area contributed by atoms with E-state index in [1.54, 1.807) is 24.3 Å². The van der Waals surface area contributed by atoms with Crippen molar-refractivity contribution >= 4 is 5.91 Å². The molecular formula is C21H26FN3O2. The zero-order valence-corrected chi connectivity index (χ0v) is 16.2. The molecule has 0 bridgehead atoms. The Kier molecular flexibility index (Phi) is 5.20. The minimum Gasteiger partial charge on any atom is -0.436 e. The molecule has 6 heteroatoms. The van der Waals surface area contributed by atoms with Gasteiger partial charge in [0.25, 0.3) is 11.8 Å². The maximum Gasteiger partial charge on any atom is 0.255 e. The number of rotatable bonds is 4. The quantitative estimate of drug-likeness (QED) is 0.851. The van der Waals surface area contributed by atoms with Gasteiger partial charge in [0.15, 0.2) is 5.82 Å². The molecule has 1 fully saturated rings. The van der Waals surface area contributed by atoms with Crippen molar-refractivity contribution in [3.8, 4) is 11.6 Å². The highest BCUT2D eigenvalue weighted by Gasteiger charge is 2.38. The second-order valence-electron chi connectivity index (χ2n) is 8.39. The molecule has 27 heavy (non-hydrogen) atoms. The smallest absolute Gasteiger partial charge is 0.255 e. The highest BCUT2D eigenvalue weighted by atomic mass is 19.1. The summed E-state index contributed by atoms with van der Waals surface area (Å²) in [5.41, 5.74) is 0.465. The fraction of sp³-hybridized carbons (Fsp3) is 0.429. The average molecular weight is 371 g/mol. The first-order valence-electron chi connectivity index (χ1n) is 9.12. The van der Waals surface area contributed by atoms with Crippen molar-refractivity contribution in [2.45, 2.75) is 57.7 Å². The number of halogens is 1. The van der Waals surface area contributed by atoms with Crippen molar-refractivity contribution in [2.75, 3.05) is 0 Å². The molecule has 144 valence electrons. The topological polar surface area (TPSA) is 63.2 Å². The van der Waals surface area contributed by atoms with Crippen LogP contribution in [0.3, 0.4) is 0 Å². The van der Waals surface area contributed by atoms with Crippen LogP contribution in [0.4, 0.5) is 4.39 Å². The van der Waals surface area contributed by atoms with Crippen LogP contribution in [0, 0.1) is 5.82 Å². The number of ether oxygens (including phenoxy) is 1. The van der Waals surface area contributed by atoms with Crippen LogP contribution in [0.2, 0.25) is 0 Å². The number of carbonyl (C=O) groups is 1. The van der Waals surface area contributed by atoms with Crippen LogP contribution in [-0.4, -0.2) is 28.0 Å². The molecule has 2 N–H and O–H groups in total. The summed E-state index contributed by atoms with van der Waals surface area (Å²) >= 11 is 0. The number of piperidine rings is 1. The van der Waals surface area contributed by atoms with Gasteiger partial charge in [0.2, 0.25) is 0 Å². The van der Waals surface area contributed by atoms with Gasteiger partial charge in [-0.25, -0.2) is 9.37 Å². The number of hydrogen-bond acceptors (Lipinski definition) is 4. The third-order valence-corrected chi connectivity index (χ3v) is 4.58. The molecule has 0 aliphatic carbocycles. The molecule has 1 aromatic carbocycles. The van der Waals surface area contributed by atoms with Crippen LogP contribution in [0.1, 0.15) is 50.9 Å². The average Bonchev–Trinajstić information content (AvgIpc) is 2.54. The number of pyridine rings is 1. The molecule has 0 saturated carbocycles. The minimum atomic E-state index is -0.532. The Balaban J connectivity index is 1.65. The van der Waals surface area contributed by atoms with E-state index in [0.717, 1.165) is 12.8 Å². The fourth-order valence-corrected chi connectivity index (χ4v) is 3.93. The third-order valence-electron chi connectivity index (χ3n) is 4.58. The molecule has 0 radical (unpaired) electrons. The Hall–Kier alpha value is -2.47. The van der Waals surface area contributed by atoms with Gasteiger partial charge in [0.05, 0.1) is 0 Å². The molecule has 1 aliphatic heterocycles. The summed E-state index contributed by atoms with van der Waals surface area (Å²) in [6.45, 7) is 8.60. The Labute approximate surface area is 159 Å². The summed E-state index contributed by atoms with van der Waals surface area (Å²) in [6.07, 6.45) is 3.19. The van der Waals surface area contributed by atoms with Crippen LogP contribution in [0.15, 0.2) is 42.6 Å². The van der Waals surface area contributed by atoms with Gasteiger partial charge in [-0.2, -0.15) is 0 Å². The Morgan fingerprint density at radius 3 is 2.37 bits per heavy atom. The van der Waals surface area contributed by atoms with Crippen molar-refractivity contribution in [1.82, 2.24) is 15.6 Å². The minimum absolute atomic E-state index is 0.0375. The highest BCUT2D eigenvalue weighted by Crippen LogP contribution is 2.29. The standard InChI is InChI=1S/C21H26FN3O2/c1-20(2)12-15(13-21(3,4)25-20)24-18(26)14-7-9-16(10-8-14)27-19-17(22)6-5-11-23-19/h5-11,15,25H,12-13H2,1-4H3,(H,24,26). The second kappa shape index (κ2) is 7.27. The van der Waals surface area contributed by atoms with Crippen molar-refractivity contribution in [2.24, 2.45) is 0 Å². The molecule has 5 nitrogen and oxygen atoms in total. The van der Waals surface area contributed by atoms with Gasteiger partial charge in [-0.15, -0.1) is 0 Å². The van der Waals surface area contributed by atoms with Crippen LogP contribution in [0.5, 0.6) is 11.6 Å². The van der Waals surface area contributed by atoms with Crippen molar-refractivity contribution in [3.05, 3.63) is 54.0 Å². The molecule has 3 rings (SSSR count). The van der Waals surface area contributed by atoms with Crippen molar-refractivity contribution in [1.29, 1.82) is 0 Å². The number of nitrogens with zero attached hydrogens (tertiary/aromatic N) is 1. The lowest BCUT2D eigenvalue weighted by atomic mass is 9.79. The van der Waals surface area contributed by atoms with Gasteiger partial charge in [-0.1, -0.05) is 0 Å². The molecular weight excluding hydrogens is 345 g/mol. The molecule has 1 aliphatic rings. The summed E-state index contributed by atoms with van der Waals surface area (Å²) in [6, 6.07) is 9.50. The normalized spacial score (nSPS) is 18.7. The van der Waals surface area contributed by atoms with Crippen molar-refractivity contribution < 1.29 is 13.9 Å². The first kappa shape index (κ1) is 19.3. The molecule has 1 aromatic heterocycles. The lowest BCUT2D eigenvalue weighted by molar-refractivity contribution is 0.0873. The molecule has 0 atom stereocenters. The second-order valence-corrected chi connectivity index (χ2v) is 8.39. The largest absolute Gasteiger partial charge is 0.436 e. The molecule has 1 saturated heterocycles. The van der Waals surface area contributed by atoms with Crippen molar-refractivity contribution in [3.63, 3.8) is 0 Å². The van der Waals surface area contributed by atoms with E-state index < -0.39 is 5.82 Å². The third kappa shape index (κ3) is 5.04. The lowest BCUT2D eigenvalue weighted by Gasteiger charge is -2.46. The zero-order chi connectivity index (χ0) is 19.7. The van der Waals surface area contributed by atoms with E-state index in [0.29, 0.717) is 11.3 Å².